The Bertz CT molecular complexity index is 691. The molecule has 2 aliphatic heterocycles. The van der Waals surface area contributed by atoms with Crippen molar-refractivity contribution in [3.05, 3.63) is 22.4 Å². The predicted molar refractivity (Wildman–Crippen MR) is 100 cm³/mol. The zero-order chi connectivity index (χ0) is 18.9. The second kappa shape index (κ2) is 7.26. The normalized spacial score (nSPS) is 23.5. The van der Waals surface area contributed by atoms with Crippen molar-refractivity contribution in [1.29, 1.82) is 0 Å². The number of likely N-dealkylation sites (tertiary alicyclic amines) is 1. The minimum absolute atomic E-state index is 0.0211. The maximum Gasteiger partial charge on any atom is 0.319 e. The van der Waals surface area contributed by atoms with Gasteiger partial charge in [0.25, 0.3) is 5.91 Å². The Kier molecular flexibility index (Phi) is 5.22. The third-order valence-corrected chi connectivity index (χ3v) is 5.87. The molecule has 0 aliphatic carbocycles. The molecule has 4 amide bonds. The van der Waals surface area contributed by atoms with Crippen LogP contribution >= 0.6 is 11.3 Å². The van der Waals surface area contributed by atoms with Crippen molar-refractivity contribution in [1.82, 2.24) is 19.6 Å². The number of thiophene rings is 1. The summed E-state index contributed by atoms with van der Waals surface area (Å²) in [6.45, 7) is 5.17. The molecule has 1 aromatic heterocycles. The van der Waals surface area contributed by atoms with E-state index in [1.807, 2.05) is 33.6 Å². The molecule has 0 N–H and O–H groups in total. The SMILES string of the molecule is CCN1C[C@@]2(CC1=O)CN(C(=O)c1ccsc1)CCN(C(=O)N(C)C)C2. The Labute approximate surface area is 158 Å². The molecule has 0 bridgehead atoms. The van der Waals surface area contributed by atoms with Crippen molar-refractivity contribution in [2.45, 2.75) is 13.3 Å². The van der Waals surface area contributed by atoms with E-state index in [0.29, 0.717) is 51.3 Å². The summed E-state index contributed by atoms with van der Waals surface area (Å²) in [5.41, 5.74) is 0.273. The highest BCUT2D eigenvalue weighted by Gasteiger charge is 2.47. The van der Waals surface area contributed by atoms with Crippen LogP contribution in [0.15, 0.2) is 16.8 Å². The van der Waals surface area contributed by atoms with E-state index in [9.17, 15) is 14.4 Å². The summed E-state index contributed by atoms with van der Waals surface area (Å²) in [7, 11) is 3.46. The van der Waals surface area contributed by atoms with Crippen LogP contribution in [0.2, 0.25) is 0 Å². The molecule has 7 nitrogen and oxygen atoms in total. The Hall–Kier alpha value is -2.09. The van der Waals surface area contributed by atoms with Gasteiger partial charge in [-0.25, -0.2) is 4.79 Å². The Morgan fingerprint density at radius 1 is 1.19 bits per heavy atom. The summed E-state index contributed by atoms with van der Waals surface area (Å²) < 4.78 is 0. The van der Waals surface area contributed by atoms with Gasteiger partial charge >= 0.3 is 6.03 Å². The average molecular weight is 378 g/mol. The largest absolute Gasteiger partial charge is 0.342 e. The molecule has 26 heavy (non-hydrogen) atoms. The first-order valence-corrected chi connectivity index (χ1v) is 9.85. The maximum atomic E-state index is 12.9. The lowest BCUT2D eigenvalue weighted by atomic mass is 9.86. The smallest absolute Gasteiger partial charge is 0.319 e. The van der Waals surface area contributed by atoms with Gasteiger partial charge in [0.2, 0.25) is 5.91 Å². The number of urea groups is 1. The molecule has 3 rings (SSSR count). The van der Waals surface area contributed by atoms with Crippen LogP contribution in [0.5, 0.6) is 0 Å². The van der Waals surface area contributed by atoms with Crippen LogP contribution in [0.3, 0.4) is 0 Å². The fourth-order valence-electron chi connectivity index (χ4n) is 3.93. The van der Waals surface area contributed by atoms with E-state index in [-0.39, 0.29) is 17.8 Å². The zero-order valence-electron chi connectivity index (χ0n) is 15.6. The first kappa shape index (κ1) is 18.7. The van der Waals surface area contributed by atoms with Crippen LogP contribution < -0.4 is 0 Å². The molecule has 2 fully saturated rings. The standard InChI is InChI=1S/C18H26N4O3S/c1-4-20-11-18(9-15(20)23)12-21(16(24)14-5-8-26-10-14)6-7-22(13-18)17(25)19(2)3/h5,8,10H,4,6-7,9,11-13H2,1-3H3/t18-/m0/s1. The van der Waals surface area contributed by atoms with E-state index in [0.717, 1.165) is 0 Å². The molecular weight excluding hydrogens is 352 g/mol. The quantitative estimate of drug-likeness (QED) is 0.782. The fourth-order valence-corrected chi connectivity index (χ4v) is 4.56. The van der Waals surface area contributed by atoms with Crippen LogP contribution in [0.1, 0.15) is 23.7 Å². The van der Waals surface area contributed by atoms with Gasteiger partial charge in [-0.15, -0.1) is 0 Å². The van der Waals surface area contributed by atoms with Gasteiger partial charge < -0.3 is 19.6 Å². The third kappa shape index (κ3) is 3.56. The lowest BCUT2D eigenvalue weighted by molar-refractivity contribution is -0.127. The van der Waals surface area contributed by atoms with Gasteiger partial charge in [0.15, 0.2) is 0 Å². The Morgan fingerprint density at radius 3 is 2.46 bits per heavy atom. The molecule has 0 unspecified atom stereocenters. The van der Waals surface area contributed by atoms with Crippen LogP contribution in [0.25, 0.3) is 0 Å². The number of nitrogens with zero attached hydrogens (tertiary/aromatic N) is 4. The summed E-state index contributed by atoms with van der Waals surface area (Å²) >= 11 is 1.49. The third-order valence-electron chi connectivity index (χ3n) is 5.19. The monoisotopic (exact) mass is 378 g/mol. The van der Waals surface area contributed by atoms with Crippen molar-refractivity contribution in [3.8, 4) is 0 Å². The molecule has 1 aromatic rings. The molecular formula is C18H26N4O3S. The Morgan fingerprint density at radius 2 is 1.88 bits per heavy atom. The molecule has 0 aromatic carbocycles. The average Bonchev–Trinajstić information content (AvgIpc) is 3.19. The topological polar surface area (TPSA) is 64.2 Å². The van der Waals surface area contributed by atoms with Crippen molar-refractivity contribution < 1.29 is 14.4 Å². The van der Waals surface area contributed by atoms with E-state index in [2.05, 4.69) is 0 Å². The minimum Gasteiger partial charge on any atom is -0.342 e. The van der Waals surface area contributed by atoms with E-state index < -0.39 is 5.41 Å². The van der Waals surface area contributed by atoms with E-state index in [4.69, 9.17) is 0 Å². The highest BCUT2D eigenvalue weighted by molar-refractivity contribution is 7.08. The first-order chi connectivity index (χ1) is 12.3. The summed E-state index contributed by atoms with van der Waals surface area (Å²) in [6.07, 6.45) is 0.380. The molecule has 3 heterocycles. The van der Waals surface area contributed by atoms with Crippen LogP contribution in [-0.2, 0) is 4.79 Å². The van der Waals surface area contributed by atoms with E-state index >= 15 is 0 Å². The maximum absolute atomic E-state index is 12.9. The predicted octanol–water partition coefficient (Wildman–Crippen LogP) is 1.43. The summed E-state index contributed by atoms with van der Waals surface area (Å²) in [5.74, 6) is 0.0850. The van der Waals surface area contributed by atoms with Gasteiger partial charge in [-0.05, 0) is 18.4 Å². The van der Waals surface area contributed by atoms with Gasteiger partial charge in [-0.1, -0.05) is 0 Å². The summed E-state index contributed by atoms with van der Waals surface area (Å²) in [5, 5.41) is 3.74. The van der Waals surface area contributed by atoms with Crippen molar-refractivity contribution in [2.24, 2.45) is 5.41 Å². The number of carbonyl (C=O) groups excluding carboxylic acids is 3. The van der Waals surface area contributed by atoms with Gasteiger partial charge in [-0.2, -0.15) is 11.3 Å². The van der Waals surface area contributed by atoms with E-state index in [1.165, 1.54) is 11.3 Å². The lowest BCUT2D eigenvalue weighted by Crippen LogP contribution is -2.47. The summed E-state index contributed by atoms with van der Waals surface area (Å²) in [6, 6.07) is 1.75. The van der Waals surface area contributed by atoms with E-state index in [1.54, 1.807) is 23.9 Å². The molecule has 2 aliphatic rings. The fraction of sp³-hybridized carbons (Fsp3) is 0.611. The molecule has 0 saturated carbocycles. The number of carbonyl (C=O) groups is 3. The number of hydrogen-bond acceptors (Lipinski definition) is 4. The van der Waals surface area contributed by atoms with Crippen molar-refractivity contribution in [2.75, 3.05) is 53.4 Å². The molecule has 142 valence electrons. The van der Waals surface area contributed by atoms with Gasteiger partial charge in [0, 0.05) is 70.6 Å². The van der Waals surface area contributed by atoms with Gasteiger partial charge in [0.1, 0.15) is 0 Å². The lowest BCUT2D eigenvalue weighted by Gasteiger charge is -2.34. The second-order valence-corrected chi connectivity index (χ2v) is 8.20. The van der Waals surface area contributed by atoms with Crippen molar-refractivity contribution >= 4 is 29.2 Å². The molecule has 0 radical (unpaired) electrons. The number of hydrogen-bond donors (Lipinski definition) is 0. The number of amides is 4. The highest BCUT2D eigenvalue weighted by Crippen LogP contribution is 2.35. The van der Waals surface area contributed by atoms with Gasteiger partial charge in [0.05, 0.1) is 5.56 Å². The van der Waals surface area contributed by atoms with Crippen LogP contribution in [0, 0.1) is 5.41 Å². The molecule has 1 spiro atoms. The van der Waals surface area contributed by atoms with Crippen LogP contribution in [-0.4, -0.2) is 90.8 Å². The zero-order valence-corrected chi connectivity index (χ0v) is 16.4. The van der Waals surface area contributed by atoms with Crippen LogP contribution in [0.4, 0.5) is 4.79 Å². The molecule has 1 atom stereocenters. The minimum atomic E-state index is -0.402. The molecule has 2 saturated heterocycles. The summed E-state index contributed by atoms with van der Waals surface area (Å²) in [4.78, 5) is 44.9. The second-order valence-electron chi connectivity index (χ2n) is 7.42. The first-order valence-electron chi connectivity index (χ1n) is 8.91. The molecule has 8 heteroatoms. The number of rotatable bonds is 2. The highest BCUT2D eigenvalue weighted by atomic mass is 32.1. The van der Waals surface area contributed by atoms with Crippen molar-refractivity contribution in [3.63, 3.8) is 0 Å². The Balaban J connectivity index is 1.88. The van der Waals surface area contributed by atoms with Gasteiger partial charge in [-0.3, -0.25) is 9.59 Å².